The van der Waals surface area contributed by atoms with Crippen LogP contribution in [0.2, 0.25) is 0 Å². The summed E-state index contributed by atoms with van der Waals surface area (Å²) in [5.41, 5.74) is 0.912. The SMILES string of the molecule is C=CCNC(=O)c1sc2ncnc(NCCN(C)C)c2c1C. The van der Waals surface area contributed by atoms with Gasteiger partial charge in [-0.3, -0.25) is 4.79 Å². The van der Waals surface area contributed by atoms with Gasteiger partial charge in [-0.2, -0.15) is 0 Å². The maximum absolute atomic E-state index is 12.2. The summed E-state index contributed by atoms with van der Waals surface area (Å²) in [5, 5.41) is 7.05. The number of fused-ring (bicyclic) bond motifs is 1. The quantitative estimate of drug-likeness (QED) is 0.763. The molecule has 0 aliphatic heterocycles. The molecule has 1 amide bonds. The third-order valence-corrected chi connectivity index (χ3v) is 4.39. The van der Waals surface area contributed by atoms with Crippen LogP contribution in [0, 0.1) is 6.92 Å². The Hall–Kier alpha value is -1.99. The van der Waals surface area contributed by atoms with Crippen molar-refractivity contribution in [3.63, 3.8) is 0 Å². The Morgan fingerprint density at radius 3 is 2.91 bits per heavy atom. The Morgan fingerprint density at radius 2 is 2.23 bits per heavy atom. The molecule has 0 saturated carbocycles. The zero-order chi connectivity index (χ0) is 16.1. The first-order valence-corrected chi connectivity index (χ1v) is 7.88. The standard InChI is InChI=1S/C15H21N5OS/c1-5-6-17-14(21)12-10(2)11-13(16-7-8-20(3)4)18-9-19-15(11)22-12/h5,9H,1,6-8H2,2-4H3,(H,17,21)(H,16,18,19). The molecule has 0 unspecified atom stereocenters. The topological polar surface area (TPSA) is 70.1 Å². The van der Waals surface area contributed by atoms with Crippen molar-refractivity contribution < 1.29 is 4.79 Å². The molecule has 2 heterocycles. The van der Waals surface area contributed by atoms with E-state index >= 15 is 0 Å². The van der Waals surface area contributed by atoms with Gasteiger partial charge in [0.2, 0.25) is 0 Å². The average molecular weight is 319 g/mol. The molecule has 0 spiro atoms. The number of amides is 1. The summed E-state index contributed by atoms with van der Waals surface area (Å²) >= 11 is 1.39. The summed E-state index contributed by atoms with van der Waals surface area (Å²) in [7, 11) is 4.05. The first-order valence-electron chi connectivity index (χ1n) is 7.06. The summed E-state index contributed by atoms with van der Waals surface area (Å²) in [5.74, 6) is 0.683. The zero-order valence-electron chi connectivity index (χ0n) is 13.1. The van der Waals surface area contributed by atoms with Crippen LogP contribution >= 0.6 is 11.3 Å². The minimum Gasteiger partial charge on any atom is -0.368 e. The molecule has 7 heteroatoms. The first-order chi connectivity index (χ1) is 10.5. The normalized spacial score (nSPS) is 10.9. The van der Waals surface area contributed by atoms with Crippen molar-refractivity contribution in [1.29, 1.82) is 0 Å². The molecule has 0 bridgehead atoms. The average Bonchev–Trinajstić information content (AvgIpc) is 2.82. The highest BCUT2D eigenvalue weighted by molar-refractivity contribution is 7.20. The van der Waals surface area contributed by atoms with Crippen LogP contribution in [0.1, 0.15) is 15.2 Å². The van der Waals surface area contributed by atoms with E-state index < -0.39 is 0 Å². The van der Waals surface area contributed by atoms with Gasteiger partial charge < -0.3 is 15.5 Å². The lowest BCUT2D eigenvalue weighted by molar-refractivity contribution is 0.0961. The van der Waals surface area contributed by atoms with Gasteiger partial charge in [-0.1, -0.05) is 6.08 Å². The molecule has 2 N–H and O–H groups in total. The van der Waals surface area contributed by atoms with E-state index in [1.807, 2.05) is 21.0 Å². The summed E-state index contributed by atoms with van der Waals surface area (Å²) in [4.78, 5) is 24.4. The van der Waals surface area contributed by atoms with Gasteiger partial charge in [-0.05, 0) is 26.6 Å². The summed E-state index contributed by atoms with van der Waals surface area (Å²) < 4.78 is 0. The molecule has 2 rings (SSSR count). The van der Waals surface area contributed by atoms with Gasteiger partial charge in [0.15, 0.2) is 0 Å². The number of aromatic nitrogens is 2. The number of hydrogen-bond donors (Lipinski definition) is 2. The predicted molar refractivity (Wildman–Crippen MR) is 91.7 cm³/mol. The van der Waals surface area contributed by atoms with Crippen LogP contribution in [0.5, 0.6) is 0 Å². The van der Waals surface area contributed by atoms with Gasteiger partial charge in [0.25, 0.3) is 5.91 Å². The van der Waals surface area contributed by atoms with Crippen LogP contribution in [-0.2, 0) is 0 Å². The fourth-order valence-electron chi connectivity index (χ4n) is 2.07. The van der Waals surface area contributed by atoms with Crippen LogP contribution in [0.4, 0.5) is 5.82 Å². The Balaban J connectivity index is 2.29. The molecule has 2 aromatic rings. The van der Waals surface area contributed by atoms with Gasteiger partial charge in [0.05, 0.1) is 10.3 Å². The molecule has 22 heavy (non-hydrogen) atoms. The molecular weight excluding hydrogens is 298 g/mol. The molecule has 0 aromatic carbocycles. The molecule has 2 aromatic heterocycles. The highest BCUT2D eigenvalue weighted by Gasteiger charge is 2.18. The lowest BCUT2D eigenvalue weighted by Crippen LogP contribution is -2.22. The third-order valence-electron chi connectivity index (χ3n) is 3.19. The van der Waals surface area contributed by atoms with Gasteiger partial charge in [0, 0.05) is 19.6 Å². The number of carbonyl (C=O) groups excluding carboxylic acids is 1. The molecule has 0 saturated heterocycles. The maximum Gasteiger partial charge on any atom is 0.261 e. The second-order valence-electron chi connectivity index (χ2n) is 5.19. The summed E-state index contributed by atoms with van der Waals surface area (Å²) in [6.45, 7) is 7.68. The summed E-state index contributed by atoms with van der Waals surface area (Å²) in [6, 6.07) is 0. The molecule has 118 valence electrons. The van der Waals surface area contributed by atoms with E-state index in [1.54, 1.807) is 6.08 Å². The van der Waals surface area contributed by atoms with E-state index in [2.05, 4.69) is 32.1 Å². The van der Waals surface area contributed by atoms with Gasteiger partial charge in [-0.25, -0.2) is 9.97 Å². The Morgan fingerprint density at radius 1 is 1.45 bits per heavy atom. The van der Waals surface area contributed by atoms with Crippen molar-refractivity contribution in [3.8, 4) is 0 Å². The fourth-order valence-corrected chi connectivity index (χ4v) is 3.13. The maximum atomic E-state index is 12.2. The van der Waals surface area contributed by atoms with Gasteiger partial charge >= 0.3 is 0 Å². The van der Waals surface area contributed by atoms with E-state index in [4.69, 9.17) is 0 Å². The lowest BCUT2D eigenvalue weighted by Gasteiger charge is -2.11. The molecule has 6 nitrogen and oxygen atoms in total. The van der Waals surface area contributed by atoms with Crippen LogP contribution in [0.15, 0.2) is 19.0 Å². The number of hydrogen-bond acceptors (Lipinski definition) is 6. The Labute approximate surface area is 134 Å². The van der Waals surface area contributed by atoms with E-state index in [1.165, 1.54) is 17.7 Å². The predicted octanol–water partition coefficient (Wildman–Crippen LogP) is 1.89. The van der Waals surface area contributed by atoms with Crippen molar-refractivity contribution in [3.05, 3.63) is 29.4 Å². The fraction of sp³-hybridized carbons (Fsp3) is 0.400. The van der Waals surface area contributed by atoms with E-state index in [9.17, 15) is 4.79 Å². The third kappa shape index (κ3) is 3.61. The largest absolute Gasteiger partial charge is 0.368 e. The second-order valence-corrected chi connectivity index (χ2v) is 6.19. The number of carbonyl (C=O) groups is 1. The number of aryl methyl sites for hydroxylation is 1. The number of anilines is 1. The number of nitrogens with one attached hydrogen (secondary N) is 2. The zero-order valence-corrected chi connectivity index (χ0v) is 14.0. The highest BCUT2D eigenvalue weighted by Crippen LogP contribution is 2.33. The minimum atomic E-state index is -0.0976. The molecule has 0 atom stereocenters. The monoisotopic (exact) mass is 319 g/mol. The van der Waals surface area contributed by atoms with Crippen molar-refractivity contribution >= 4 is 33.3 Å². The molecule has 0 radical (unpaired) electrons. The smallest absolute Gasteiger partial charge is 0.261 e. The van der Waals surface area contributed by atoms with Crippen molar-refractivity contribution in [2.45, 2.75) is 6.92 Å². The Kier molecular flexibility index (Phi) is 5.46. The second kappa shape index (κ2) is 7.33. The number of likely N-dealkylation sites (N-methyl/N-ethyl adjacent to an activating group) is 1. The van der Waals surface area contributed by atoms with E-state index in [-0.39, 0.29) is 5.91 Å². The van der Waals surface area contributed by atoms with Crippen LogP contribution in [0.25, 0.3) is 10.2 Å². The number of thiophene rings is 1. The number of rotatable bonds is 7. The van der Waals surface area contributed by atoms with Gasteiger partial charge in [0.1, 0.15) is 17.0 Å². The van der Waals surface area contributed by atoms with E-state index in [0.717, 1.165) is 34.7 Å². The first kappa shape index (κ1) is 16.4. The highest BCUT2D eigenvalue weighted by atomic mass is 32.1. The molecule has 0 fully saturated rings. The van der Waals surface area contributed by atoms with Crippen molar-refractivity contribution in [2.75, 3.05) is 39.0 Å². The van der Waals surface area contributed by atoms with Crippen molar-refractivity contribution in [1.82, 2.24) is 20.2 Å². The van der Waals surface area contributed by atoms with Crippen molar-refractivity contribution in [2.24, 2.45) is 0 Å². The van der Waals surface area contributed by atoms with Crippen LogP contribution in [0.3, 0.4) is 0 Å². The lowest BCUT2D eigenvalue weighted by atomic mass is 10.2. The summed E-state index contributed by atoms with van der Waals surface area (Å²) in [6.07, 6.45) is 3.19. The number of nitrogens with zero attached hydrogens (tertiary/aromatic N) is 3. The Bertz CT molecular complexity index is 680. The molecule has 0 aliphatic carbocycles. The van der Waals surface area contributed by atoms with E-state index in [0.29, 0.717) is 11.4 Å². The van der Waals surface area contributed by atoms with Gasteiger partial charge in [-0.15, -0.1) is 17.9 Å². The minimum absolute atomic E-state index is 0.0976. The molecular formula is C15H21N5OS. The van der Waals surface area contributed by atoms with Crippen LogP contribution in [-0.4, -0.2) is 54.5 Å². The van der Waals surface area contributed by atoms with Crippen LogP contribution < -0.4 is 10.6 Å². The molecule has 0 aliphatic rings.